The largest absolute Gasteiger partial charge is 0.489 e. The molecule has 0 saturated carbocycles. The molecular weight excluding hydrogens is 340 g/mol. The number of imide groups is 1. The number of rotatable bonds is 6. The van der Waals surface area contributed by atoms with Crippen LogP contribution in [0.4, 0.5) is 4.79 Å². The number of ether oxygens (including phenoxy) is 2. The van der Waals surface area contributed by atoms with Crippen LogP contribution in [0, 0.1) is 0 Å². The molecule has 2 heterocycles. The normalized spacial score (nSPS) is 20.3. The van der Waals surface area contributed by atoms with Crippen LogP contribution in [0.3, 0.4) is 0 Å². The number of morpholine rings is 1. The van der Waals surface area contributed by atoms with Crippen LogP contribution in [0.5, 0.6) is 5.75 Å². The Hall–Kier alpha value is -2.09. The van der Waals surface area contributed by atoms with E-state index >= 15 is 0 Å². The number of thioether (sulfide) groups is 1. The minimum atomic E-state index is -0.264. The molecule has 1 aromatic rings. The van der Waals surface area contributed by atoms with Gasteiger partial charge in [0.2, 0.25) is 0 Å². The summed E-state index contributed by atoms with van der Waals surface area (Å²) >= 11 is 0.963. The summed E-state index contributed by atoms with van der Waals surface area (Å²) in [5.74, 6) is 0.391. The maximum atomic E-state index is 12.6. The molecule has 2 saturated heterocycles. The van der Waals surface area contributed by atoms with Crippen molar-refractivity contribution in [3.05, 3.63) is 47.4 Å². The van der Waals surface area contributed by atoms with Gasteiger partial charge in [-0.3, -0.25) is 19.4 Å². The molecule has 132 valence electrons. The van der Waals surface area contributed by atoms with Crippen molar-refractivity contribution in [1.82, 2.24) is 9.80 Å². The second-order valence-electron chi connectivity index (χ2n) is 5.62. The van der Waals surface area contributed by atoms with Gasteiger partial charge in [0.05, 0.1) is 24.8 Å². The molecule has 25 heavy (non-hydrogen) atoms. The molecule has 3 rings (SSSR count). The average molecular weight is 360 g/mol. The Kier molecular flexibility index (Phi) is 5.91. The van der Waals surface area contributed by atoms with Crippen molar-refractivity contribution in [3.63, 3.8) is 0 Å². The maximum Gasteiger partial charge on any atom is 0.294 e. The number of carbonyl (C=O) groups is 2. The second-order valence-corrected chi connectivity index (χ2v) is 6.61. The summed E-state index contributed by atoms with van der Waals surface area (Å²) < 4.78 is 10.9. The predicted molar refractivity (Wildman–Crippen MR) is 97.2 cm³/mol. The van der Waals surface area contributed by atoms with Gasteiger partial charge in [-0.1, -0.05) is 30.9 Å². The molecule has 2 aliphatic rings. The van der Waals surface area contributed by atoms with E-state index in [1.165, 1.54) is 4.90 Å². The third kappa shape index (κ3) is 4.31. The summed E-state index contributed by atoms with van der Waals surface area (Å²) in [5, 5.41) is -0.243. The van der Waals surface area contributed by atoms with Gasteiger partial charge in [0.25, 0.3) is 11.1 Å². The Balaban J connectivity index is 1.75. The zero-order chi connectivity index (χ0) is 17.6. The zero-order valence-electron chi connectivity index (χ0n) is 13.8. The molecule has 0 bridgehead atoms. The van der Waals surface area contributed by atoms with Gasteiger partial charge < -0.3 is 9.47 Å². The minimum Gasteiger partial charge on any atom is -0.489 e. The third-order valence-electron chi connectivity index (χ3n) is 3.88. The highest BCUT2D eigenvalue weighted by Crippen LogP contribution is 2.34. The highest BCUT2D eigenvalue weighted by Gasteiger charge is 2.36. The fourth-order valence-corrected chi connectivity index (χ4v) is 3.41. The zero-order valence-corrected chi connectivity index (χ0v) is 14.7. The molecule has 0 spiro atoms. The first-order chi connectivity index (χ1) is 12.2. The Morgan fingerprint density at radius 2 is 2.00 bits per heavy atom. The van der Waals surface area contributed by atoms with Crippen molar-refractivity contribution in [1.29, 1.82) is 0 Å². The number of amides is 2. The predicted octanol–water partition coefficient (Wildman–Crippen LogP) is 2.58. The van der Waals surface area contributed by atoms with E-state index < -0.39 is 0 Å². The molecule has 7 heteroatoms. The van der Waals surface area contributed by atoms with E-state index in [4.69, 9.17) is 9.47 Å². The molecule has 2 aliphatic heterocycles. The van der Waals surface area contributed by atoms with Crippen LogP contribution in [0.25, 0.3) is 6.08 Å². The second kappa shape index (κ2) is 8.33. The maximum absolute atomic E-state index is 12.6. The van der Waals surface area contributed by atoms with Gasteiger partial charge in [0, 0.05) is 18.7 Å². The van der Waals surface area contributed by atoms with Gasteiger partial charge in [-0.15, -0.1) is 0 Å². The van der Waals surface area contributed by atoms with Crippen LogP contribution in [-0.2, 0) is 9.53 Å². The van der Waals surface area contributed by atoms with Crippen LogP contribution in [0.15, 0.2) is 41.8 Å². The number of nitrogens with zero attached hydrogens (tertiary/aromatic N) is 2. The van der Waals surface area contributed by atoms with E-state index in [-0.39, 0.29) is 11.1 Å². The van der Waals surface area contributed by atoms with Crippen LogP contribution in [0.2, 0.25) is 0 Å². The standard InChI is InChI=1S/C18H20N2O4S/c1-2-9-24-15-6-4-3-5-14(15)12-16-17(21)20(18(22)25-16)13-19-7-10-23-11-8-19/h2-6,12H,1,7-11,13H2. The Morgan fingerprint density at radius 1 is 1.24 bits per heavy atom. The summed E-state index contributed by atoms with van der Waals surface area (Å²) in [6.07, 6.45) is 3.37. The van der Waals surface area contributed by atoms with Crippen LogP contribution in [-0.4, -0.2) is 60.5 Å². The highest BCUT2D eigenvalue weighted by atomic mass is 32.2. The molecule has 0 N–H and O–H groups in total. The Morgan fingerprint density at radius 3 is 2.76 bits per heavy atom. The molecular formula is C18H20N2O4S. The first-order valence-corrected chi connectivity index (χ1v) is 8.89. The average Bonchev–Trinajstić information content (AvgIpc) is 2.89. The molecule has 0 aromatic heterocycles. The Bertz CT molecular complexity index is 698. The molecule has 0 aliphatic carbocycles. The monoisotopic (exact) mass is 360 g/mol. The van der Waals surface area contributed by atoms with Gasteiger partial charge in [-0.25, -0.2) is 0 Å². The number of hydrogen-bond acceptors (Lipinski definition) is 6. The van der Waals surface area contributed by atoms with Crippen LogP contribution < -0.4 is 4.74 Å². The molecule has 0 radical (unpaired) electrons. The van der Waals surface area contributed by atoms with E-state index in [1.807, 2.05) is 29.2 Å². The Labute approximate surface area is 151 Å². The molecule has 2 fully saturated rings. The van der Waals surface area contributed by atoms with Crippen molar-refractivity contribution in [2.45, 2.75) is 0 Å². The lowest BCUT2D eigenvalue weighted by Gasteiger charge is -2.29. The number of benzene rings is 1. The molecule has 0 unspecified atom stereocenters. The van der Waals surface area contributed by atoms with Crippen LogP contribution >= 0.6 is 11.8 Å². The summed E-state index contributed by atoms with van der Waals surface area (Å²) in [6, 6.07) is 7.41. The minimum absolute atomic E-state index is 0.243. The molecule has 1 aromatic carbocycles. The lowest BCUT2D eigenvalue weighted by atomic mass is 10.2. The fraction of sp³-hybridized carbons (Fsp3) is 0.333. The quantitative estimate of drug-likeness (QED) is 0.574. The highest BCUT2D eigenvalue weighted by molar-refractivity contribution is 8.18. The van der Waals surface area contributed by atoms with Crippen molar-refractivity contribution in [2.75, 3.05) is 39.6 Å². The van der Waals surface area contributed by atoms with Crippen LogP contribution in [0.1, 0.15) is 5.56 Å². The van der Waals surface area contributed by atoms with Crippen molar-refractivity contribution < 1.29 is 19.1 Å². The topological polar surface area (TPSA) is 59.1 Å². The summed E-state index contributed by atoms with van der Waals surface area (Å²) in [5.41, 5.74) is 0.765. The van der Waals surface area contributed by atoms with E-state index in [0.29, 0.717) is 37.1 Å². The lowest BCUT2D eigenvalue weighted by molar-refractivity contribution is -0.125. The smallest absolute Gasteiger partial charge is 0.294 e. The van der Waals surface area contributed by atoms with Gasteiger partial charge in [0.1, 0.15) is 12.4 Å². The third-order valence-corrected chi connectivity index (χ3v) is 4.79. The van der Waals surface area contributed by atoms with Gasteiger partial charge in [-0.05, 0) is 23.9 Å². The lowest BCUT2D eigenvalue weighted by Crippen LogP contribution is -2.45. The van der Waals surface area contributed by atoms with E-state index in [1.54, 1.807) is 12.2 Å². The summed E-state index contributed by atoms with van der Waals surface area (Å²) in [7, 11) is 0. The molecule has 0 atom stereocenters. The molecule has 6 nitrogen and oxygen atoms in total. The van der Waals surface area contributed by atoms with E-state index in [2.05, 4.69) is 6.58 Å². The van der Waals surface area contributed by atoms with E-state index in [0.717, 1.165) is 30.4 Å². The van der Waals surface area contributed by atoms with Crippen molar-refractivity contribution in [2.24, 2.45) is 0 Å². The van der Waals surface area contributed by atoms with Crippen molar-refractivity contribution >= 4 is 29.0 Å². The van der Waals surface area contributed by atoms with Gasteiger partial charge >= 0.3 is 0 Å². The first-order valence-electron chi connectivity index (χ1n) is 8.07. The number of para-hydroxylation sites is 1. The fourth-order valence-electron chi connectivity index (χ4n) is 2.59. The number of carbonyl (C=O) groups excluding carboxylic acids is 2. The van der Waals surface area contributed by atoms with Gasteiger partial charge in [-0.2, -0.15) is 0 Å². The van der Waals surface area contributed by atoms with E-state index in [9.17, 15) is 9.59 Å². The number of hydrogen-bond donors (Lipinski definition) is 0. The summed E-state index contributed by atoms with van der Waals surface area (Å²) in [4.78, 5) is 28.6. The molecule has 2 amide bonds. The first kappa shape index (κ1) is 17.7. The SMILES string of the molecule is C=CCOc1ccccc1C=C1SC(=O)N(CN2CCOCC2)C1=O. The summed E-state index contributed by atoms with van der Waals surface area (Å²) in [6.45, 7) is 7.01. The van der Waals surface area contributed by atoms with Gasteiger partial charge in [0.15, 0.2) is 0 Å². The van der Waals surface area contributed by atoms with Crippen molar-refractivity contribution in [3.8, 4) is 5.75 Å².